The molecule has 0 aliphatic carbocycles. The highest BCUT2D eigenvalue weighted by Gasteiger charge is 2.34. The molecule has 27 heavy (non-hydrogen) atoms. The van der Waals surface area contributed by atoms with Gasteiger partial charge in [0, 0.05) is 31.7 Å². The number of benzene rings is 2. The summed E-state index contributed by atoms with van der Waals surface area (Å²) in [5.74, 6) is 0.875. The van der Waals surface area contributed by atoms with Gasteiger partial charge in [0.2, 0.25) is 0 Å². The van der Waals surface area contributed by atoms with Gasteiger partial charge in [-0.1, -0.05) is 60.2 Å². The first-order valence-corrected chi connectivity index (χ1v) is 9.93. The molecule has 1 heterocycles. The zero-order valence-corrected chi connectivity index (χ0v) is 16.5. The van der Waals surface area contributed by atoms with E-state index in [-0.39, 0.29) is 5.41 Å². The fourth-order valence-corrected chi connectivity index (χ4v) is 3.58. The number of guanidine groups is 1. The summed E-state index contributed by atoms with van der Waals surface area (Å²) < 4.78 is 5.64. The van der Waals surface area contributed by atoms with Crippen LogP contribution in [0.1, 0.15) is 36.5 Å². The number of hydrogen-bond acceptors (Lipinski definition) is 2. The second-order valence-electron chi connectivity index (χ2n) is 7.29. The topological polar surface area (TPSA) is 45.7 Å². The molecule has 1 aliphatic rings. The summed E-state index contributed by atoms with van der Waals surface area (Å²) in [5.41, 5.74) is 3.98. The molecule has 0 unspecified atom stereocenters. The van der Waals surface area contributed by atoms with Crippen LogP contribution in [0.3, 0.4) is 0 Å². The van der Waals surface area contributed by atoms with E-state index in [2.05, 4.69) is 79.1 Å². The monoisotopic (exact) mass is 365 g/mol. The summed E-state index contributed by atoms with van der Waals surface area (Å²) in [5, 5.41) is 6.97. The van der Waals surface area contributed by atoms with Gasteiger partial charge in [-0.15, -0.1) is 0 Å². The number of nitrogens with zero attached hydrogens (tertiary/aromatic N) is 1. The molecule has 2 aromatic carbocycles. The zero-order chi connectivity index (χ0) is 19.0. The van der Waals surface area contributed by atoms with Gasteiger partial charge in [-0.3, -0.25) is 0 Å². The second kappa shape index (κ2) is 9.56. The van der Waals surface area contributed by atoms with Crippen LogP contribution in [0.5, 0.6) is 0 Å². The molecule has 3 rings (SSSR count). The molecule has 144 valence electrons. The lowest BCUT2D eigenvalue weighted by Gasteiger charge is -2.38. The number of ether oxygens (including phenoxy) is 1. The average molecular weight is 366 g/mol. The Morgan fingerprint density at radius 3 is 2.37 bits per heavy atom. The molecular formula is C23H31N3O. The van der Waals surface area contributed by atoms with Gasteiger partial charge in [0.25, 0.3) is 0 Å². The van der Waals surface area contributed by atoms with Crippen molar-refractivity contribution in [3.05, 3.63) is 71.3 Å². The largest absolute Gasteiger partial charge is 0.381 e. The van der Waals surface area contributed by atoms with Crippen LogP contribution in [0.4, 0.5) is 0 Å². The maximum Gasteiger partial charge on any atom is 0.191 e. The van der Waals surface area contributed by atoms with E-state index in [1.54, 1.807) is 0 Å². The lowest BCUT2D eigenvalue weighted by Crippen LogP contribution is -2.48. The van der Waals surface area contributed by atoms with Crippen LogP contribution in [0.15, 0.2) is 59.6 Å². The van der Waals surface area contributed by atoms with Gasteiger partial charge in [-0.2, -0.15) is 0 Å². The first kappa shape index (κ1) is 19.4. The fraction of sp³-hybridized carbons (Fsp3) is 0.435. The van der Waals surface area contributed by atoms with Crippen molar-refractivity contribution in [2.45, 2.75) is 38.6 Å². The van der Waals surface area contributed by atoms with Crippen LogP contribution >= 0.6 is 0 Å². The van der Waals surface area contributed by atoms with Crippen molar-refractivity contribution in [1.29, 1.82) is 0 Å². The van der Waals surface area contributed by atoms with E-state index in [0.29, 0.717) is 6.54 Å². The molecule has 2 N–H and O–H groups in total. The Kier molecular flexibility index (Phi) is 6.88. The molecule has 1 fully saturated rings. The minimum Gasteiger partial charge on any atom is -0.381 e. The van der Waals surface area contributed by atoms with Crippen LogP contribution in [0.25, 0.3) is 0 Å². The first-order valence-electron chi connectivity index (χ1n) is 9.93. The maximum absolute atomic E-state index is 5.64. The Morgan fingerprint density at radius 2 is 1.70 bits per heavy atom. The standard InChI is InChI=1S/C23H31N3O/c1-3-24-22(25-17-20-11-9-19(2)10-12-20)26-18-23(13-15-27-16-14-23)21-7-5-4-6-8-21/h4-12H,3,13-18H2,1-2H3,(H2,24,25,26). The summed E-state index contributed by atoms with van der Waals surface area (Å²) in [4.78, 5) is 4.79. The summed E-state index contributed by atoms with van der Waals surface area (Å²) >= 11 is 0. The van der Waals surface area contributed by atoms with Gasteiger partial charge in [0.15, 0.2) is 5.96 Å². The molecular weight excluding hydrogens is 334 g/mol. The van der Waals surface area contributed by atoms with Gasteiger partial charge < -0.3 is 15.4 Å². The van der Waals surface area contributed by atoms with Crippen molar-refractivity contribution in [3.8, 4) is 0 Å². The summed E-state index contributed by atoms with van der Waals surface area (Å²) in [6.45, 7) is 8.22. The van der Waals surface area contributed by atoms with Gasteiger partial charge >= 0.3 is 0 Å². The molecule has 0 spiro atoms. The molecule has 4 heteroatoms. The van der Waals surface area contributed by atoms with Crippen molar-refractivity contribution in [1.82, 2.24) is 10.6 Å². The Bertz CT molecular complexity index is 719. The third-order valence-electron chi connectivity index (χ3n) is 5.31. The molecule has 1 saturated heterocycles. The van der Waals surface area contributed by atoms with E-state index in [0.717, 1.165) is 45.1 Å². The lowest BCUT2D eigenvalue weighted by molar-refractivity contribution is 0.0514. The van der Waals surface area contributed by atoms with Gasteiger partial charge in [-0.25, -0.2) is 4.99 Å². The van der Waals surface area contributed by atoms with Crippen molar-refractivity contribution in [2.75, 3.05) is 26.3 Å². The zero-order valence-electron chi connectivity index (χ0n) is 16.5. The molecule has 0 radical (unpaired) electrons. The molecule has 0 bridgehead atoms. The highest BCUT2D eigenvalue weighted by molar-refractivity contribution is 5.79. The summed E-state index contributed by atoms with van der Waals surface area (Å²) in [7, 11) is 0. The Labute approximate surface area is 163 Å². The van der Waals surface area contributed by atoms with Gasteiger partial charge in [-0.05, 0) is 37.8 Å². The van der Waals surface area contributed by atoms with Gasteiger partial charge in [0.05, 0.1) is 6.54 Å². The van der Waals surface area contributed by atoms with Crippen LogP contribution in [0.2, 0.25) is 0 Å². The smallest absolute Gasteiger partial charge is 0.191 e. The van der Waals surface area contributed by atoms with Crippen molar-refractivity contribution < 1.29 is 4.74 Å². The number of hydrogen-bond donors (Lipinski definition) is 2. The highest BCUT2D eigenvalue weighted by Crippen LogP contribution is 2.34. The number of aliphatic imine (C=N–C) groups is 1. The van der Waals surface area contributed by atoms with Crippen LogP contribution in [-0.4, -0.2) is 32.3 Å². The molecule has 4 nitrogen and oxygen atoms in total. The van der Waals surface area contributed by atoms with E-state index in [1.807, 2.05) is 0 Å². The Hall–Kier alpha value is -2.33. The Balaban J connectivity index is 1.70. The molecule has 0 saturated carbocycles. The highest BCUT2D eigenvalue weighted by atomic mass is 16.5. The van der Waals surface area contributed by atoms with E-state index in [4.69, 9.17) is 9.73 Å². The quantitative estimate of drug-likeness (QED) is 0.605. The minimum atomic E-state index is 0.0968. The van der Waals surface area contributed by atoms with Gasteiger partial charge in [0.1, 0.15) is 0 Å². The summed E-state index contributed by atoms with van der Waals surface area (Å²) in [6.07, 6.45) is 2.06. The van der Waals surface area contributed by atoms with E-state index < -0.39 is 0 Å². The molecule has 0 amide bonds. The van der Waals surface area contributed by atoms with Crippen LogP contribution in [-0.2, 0) is 16.7 Å². The molecule has 2 aromatic rings. The number of rotatable bonds is 6. The minimum absolute atomic E-state index is 0.0968. The van der Waals surface area contributed by atoms with Crippen molar-refractivity contribution in [3.63, 3.8) is 0 Å². The third-order valence-corrected chi connectivity index (χ3v) is 5.31. The molecule has 0 atom stereocenters. The van der Waals surface area contributed by atoms with Crippen molar-refractivity contribution >= 4 is 5.96 Å². The summed E-state index contributed by atoms with van der Waals surface area (Å²) in [6, 6.07) is 19.4. The van der Waals surface area contributed by atoms with Crippen LogP contribution < -0.4 is 10.6 Å². The predicted molar refractivity (Wildman–Crippen MR) is 112 cm³/mol. The van der Waals surface area contributed by atoms with E-state index >= 15 is 0 Å². The predicted octanol–water partition coefficient (Wildman–Crippen LogP) is 3.80. The number of nitrogens with one attached hydrogen (secondary N) is 2. The molecule has 1 aliphatic heterocycles. The third kappa shape index (κ3) is 5.33. The molecule has 0 aromatic heterocycles. The van der Waals surface area contributed by atoms with Crippen molar-refractivity contribution in [2.24, 2.45) is 4.99 Å². The maximum atomic E-state index is 5.64. The van der Waals surface area contributed by atoms with Crippen LogP contribution in [0, 0.1) is 6.92 Å². The fourth-order valence-electron chi connectivity index (χ4n) is 3.58. The number of aryl methyl sites for hydroxylation is 1. The SMILES string of the molecule is CCNC(=NCc1ccc(C)cc1)NCC1(c2ccccc2)CCOCC1. The van der Waals surface area contributed by atoms with E-state index in [9.17, 15) is 0 Å². The average Bonchev–Trinajstić information content (AvgIpc) is 2.72. The first-order chi connectivity index (χ1) is 13.2. The normalized spacial score (nSPS) is 16.7. The Morgan fingerprint density at radius 1 is 1.00 bits per heavy atom. The van der Waals surface area contributed by atoms with E-state index in [1.165, 1.54) is 16.7 Å². The lowest BCUT2D eigenvalue weighted by atomic mass is 9.74. The second-order valence-corrected chi connectivity index (χ2v) is 7.29.